The maximum absolute atomic E-state index is 12.6. The van der Waals surface area contributed by atoms with Crippen molar-refractivity contribution in [2.45, 2.75) is 26.9 Å². The van der Waals surface area contributed by atoms with E-state index >= 15 is 0 Å². The molecule has 0 radical (unpaired) electrons. The van der Waals surface area contributed by atoms with Gasteiger partial charge in [0, 0.05) is 16.6 Å². The summed E-state index contributed by atoms with van der Waals surface area (Å²) in [5.41, 5.74) is 3.39. The smallest absolute Gasteiger partial charge is 0.269 e. The van der Waals surface area contributed by atoms with Crippen LogP contribution in [0.1, 0.15) is 30.5 Å². The van der Waals surface area contributed by atoms with Crippen LogP contribution in [0.2, 0.25) is 0 Å². The van der Waals surface area contributed by atoms with Crippen molar-refractivity contribution < 1.29 is 19.2 Å². The van der Waals surface area contributed by atoms with Gasteiger partial charge in [-0.3, -0.25) is 14.9 Å². The van der Waals surface area contributed by atoms with Crippen molar-refractivity contribution in [2.75, 3.05) is 6.61 Å². The Morgan fingerprint density at radius 3 is 2.51 bits per heavy atom. The minimum absolute atomic E-state index is 0.00232. The number of hydrogen-bond donors (Lipinski definition) is 1. The average Bonchev–Trinajstić information content (AvgIpc) is 3.23. The third-order valence-electron chi connectivity index (χ3n) is 5.39. The zero-order valence-electron chi connectivity index (χ0n) is 20.2. The molecular weight excluding hydrogens is 558 g/mol. The summed E-state index contributed by atoms with van der Waals surface area (Å²) >= 11 is 4.82. The molecule has 0 spiro atoms. The van der Waals surface area contributed by atoms with Gasteiger partial charge < -0.3 is 14.8 Å². The van der Waals surface area contributed by atoms with Crippen LogP contribution in [0.3, 0.4) is 0 Å². The van der Waals surface area contributed by atoms with Crippen molar-refractivity contribution in [3.05, 3.63) is 96.8 Å². The molecule has 1 saturated heterocycles. The van der Waals surface area contributed by atoms with Gasteiger partial charge in [-0.05, 0) is 72.1 Å². The monoisotopic (exact) mass is 581 g/mol. The van der Waals surface area contributed by atoms with E-state index in [0.29, 0.717) is 38.2 Å². The second-order valence-corrected chi connectivity index (χ2v) is 9.86. The molecule has 1 N–H and O–H groups in total. The lowest BCUT2D eigenvalue weighted by molar-refractivity contribution is -0.384. The second-order valence-electron chi connectivity index (χ2n) is 7.97. The first-order valence-corrected chi connectivity index (χ1v) is 13.2. The number of aliphatic imine (C=N–C) groups is 1. The van der Waals surface area contributed by atoms with E-state index < -0.39 is 4.92 Å². The van der Waals surface area contributed by atoms with Crippen LogP contribution in [0.5, 0.6) is 11.5 Å². The van der Waals surface area contributed by atoms with E-state index in [1.807, 2.05) is 31.2 Å². The molecule has 4 rings (SSSR count). The Bertz CT molecular complexity index is 1390. The highest BCUT2D eigenvalue weighted by atomic mass is 79.9. The lowest BCUT2D eigenvalue weighted by Crippen LogP contribution is -2.19. The topological polar surface area (TPSA) is 103 Å². The van der Waals surface area contributed by atoms with Gasteiger partial charge in [-0.1, -0.05) is 47.1 Å². The highest BCUT2D eigenvalue weighted by molar-refractivity contribution is 9.10. The second kappa shape index (κ2) is 12.1. The summed E-state index contributed by atoms with van der Waals surface area (Å²) in [7, 11) is 0. The van der Waals surface area contributed by atoms with Crippen LogP contribution in [-0.2, 0) is 17.8 Å². The quantitative estimate of drug-likeness (QED) is 0.169. The van der Waals surface area contributed by atoms with Crippen molar-refractivity contribution >= 4 is 56.2 Å². The molecule has 1 heterocycles. The number of amides is 1. The third kappa shape index (κ3) is 6.78. The number of rotatable bonds is 9. The third-order valence-corrected chi connectivity index (χ3v) is 6.99. The number of nitrogens with zero attached hydrogens (tertiary/aromatic N) is 2. The molecule has 1 amide bonds. The van der Waals surface area contributed by atoms with Crippen molar-refractivity contribution in [3.63, 3.8) is 0 Å². The average molecular weight is 582 g/mol. The molecule has 3 aromatic carbocycles. The zero-order chi connectivity index (χ0) is 26.4. The minimum Gasteiger partial charge on any atom is -0.490 e. The van der Waals surface area contributed by atoms with Crippen LogP contribution in [0.25, 0.3) is 6.08 Å². The van der Waals surface area contributed by atoms with E-state index in [1.165, 1.54) is 29.5 Å². The van der Waals surface area contributed by atoms with Crippen LogP contribution in [0, 0.1) is 10.1 Å². The predicted octanol–water partition coefficient (Wildman–Crippen LogP) is 6.79. The van der Waals surface area contributed by atoms with E-state index in [1.54, 1.807) is 30.3 Å². The Morgan fingerprint density at radius 1 is 1.05 bits per heavy atom. The Labute approximate surface area is 227 Å². The van der Waals surface area contributed by atoms with Crippen LogP contribution < -0.4 is 14.8 Å². The lowest BCUT2D eigenvalue weighted by atomic mass is 10.1. The normalized spacial score (nSPS) is 15.2. The summed E-state index contributed by atoms with van der Waals surface area (Å²) in [6, 6.07) is 17.7. The molecule has 0 unspecified atom stereocenters. The molecule has 1 aliphatic rings. The van der Waals surface area contributed by atoms with Crippen LogP contribution in [0.15, 0.2) is 75.0 Å². The maximum atomic E-state index is 12.6. The Balaban J connectivity index is 1.54. The van der Waals surface area contributed by atoms with E-state index in [-0.39, 0.29) is 18.2 Å². The van der Waals surface area contributed by atoms with Crippen molar-refractivity contribution in [2.24, 2.45) is 4.99 Å². The summed E-state index contributed by atoms with van der Waals surface area (Å²) in [5.74, 6) is 0.741. The minimum atomic E-state index is -0.441. The zero-order valence-corrected chi connectivity index (χ0v) is 22.6. The van der Waals surface area contributed by atoms with Gasteiger partial charge in [0.1, 0.15) is 6.61 Å². The number of amidine groups is 1. The van der Waals surface area contributed by atoms with Gasteiger partial charge in [-0.15, -0.1) is 0 Å². The number of non-ortho nitro benzene ring substituents is 1. The molecule has 37 heavy (non-hydrogen) atoms. The Kier molecular flexibility index (Phi) is 8.62. The number of halogens is 1. The standard InChI is InChI=1S/C27H24BrN3O5S/c1-3-17-8-10-20(11-9-17)29-27-30-26(32)25(37-27)14-19-13-23(35-4-2)24(15-22(19)28)36-16-18-6-5-7-21(12-18)31(33)34/h5-15H,3-4,16H2,1-2H3,(H,29,30,32)/b25-14-. The highest BCUT2D eigenvalue weighted by Gasteiger charge is 2.24. The fraction of sp³-hybridized carbons (Fsp3) is 0.185. The van der Waals surface area contributed by atoms with E-state index in [0.717, 1.165) is 17.7 Å². The summed E-state index contributed by atoms with van der Waals surface area (Å²) in [4.78, 5) is 28.2. The van der Waals surface area contributed by atoms with E-state index in [9.17, 15) is 14.9 Å². The summed E-state index contributed by atoms with van der Waals surface area (Å²) < 4.78 is 12.4. The van der Waals surface area contributed by atoms with Gasteiger partial charge >= 0.3 is 0 Å². The fourth-order valence-electron chi connectivity index (χ4n) is 3.51. The van der Waals surface area contributed by atoms with E-state index in [4.69, 9.17) is 9.47 Å². The first-order chi connectivity index (χ1) is 17.9. The number of carbonyl (C=O) groups is 1. The van der Waals surface area contributed by atoms with E-state index in [2.05, 4.69) is 33.2 Å². The molecule has 1 fully saturated rings. The molecule has 0 bridgehead atoms. The van der Waals surface area contributed by atoms with Gasteiger partial charge in [0.2, 0.25) is 0 Å². The van der Waals surface area contributed by atoms with Gasteiger partial charge in [0.05, 0.1) is 22.1 Å². The Hall–Kier alpha value is -3.63. The molecule has 0 aromatic heterocycles. The van der Waals surface area contributed by atoms with Crippen molar-refractivity contribution in [3.8, 4) is 11.5 Å². The van der Waals surface area contributed by atoms with Crippen LogP contribution in [0.4, 0.5) is 11.4 Å². The number of carbonyl (C=O) groups excluding carboxylic acids is 1. The van der Waals surface area contributed by atoms with Gasteiger partial charge in [0.25, 0.3) is 11.6 Å². The maximum Gasteiger partial charge on any atom is 0.269 e. The number of nitro benzene ring substituents is 1. The fourth-order valence-corrected chi connectivity index (χ4v) is 4.78. The Morgan fingerprint density at radius 2 is 1.81 bits per heavy atom. The molecule has 190 valence electrons. The number of hydrogen-bond acceptors (Lipinski definition) is 7. The molecule has 0 atom stereocenters. The first kappa shape index (κ1) is 26.4. The summed E-state index contributed by atoms with van der Waals surface area (Å²) in [6.45, 7) is 4.50. The molecule has 1 aliphatic heterocycles. The number of aryl methyl sites for hydroxylation is 1. The molecule has 10 heteroatoms. The molecule has 8 nitrogen and oxygen atoms in total. The highest BCUT2D eigenvalue weighted by Crippen LogP contribution is 2.37. The predicted molar refractivity (Wildman–Crippen MR) is 149 cm³/mol. The van der Waals surface area contributed by atoms with Crippen LogP contribution >= 0.6 is 27.7 Å². The first-order valence-electron chi connectivity index (χ1n) is 11.6. The molecule has 0 aliphatic carbocycles. The number of nitro groups is 1. The lowest BCUT2D eigenvalue weighted by Gasteiger charge is -2.14. The molecule has 0 saturated carbocycles. The summed E-state index contributed by atoms with van der Waals surface area (Å²) in [6.07, 6.45) is 2.71. The SMILES string of the molecule is CCOc1cc(/C=C2\SC(=Nc3ccc(CC)cc3)NC2=O)c(Br)cc1OCc1cccc([N+](=O)[O-])c1. The largest absolute Gasteiger partial charge is 0.490 e. The van der Waals surface area contributed by atoms with Gasteiger partial charge in [0.15, 0.2) is 16.7 Å². The molecular formula is C27H24BrN3O5S. The number of ether oxygens (including phenoxy) is 2. The van der Waals surface area contributed by atoms with Crippen molar-refractivity contribution in [1.82, 2.24) is 5.32 Å². The number of benzene rings is 3. The van der Waals surface area contributed by atoms with Crippen LogP contribution in [-0.4, -0.2) is 22.6 Å². The molecule has 3 aromatic rings. The number of thioether (sulfide) groups is 1. The number of nitrogens with one attached hydrogen (secondary N) is 1. The van der Waals surface area contributed by atoms with Gasteiger partial charge in [-0.2, -0.15) is 0 Å². The van der Waals surface area contributed by atoms with Crippen molar-refractivity contribution in [1.29, 1.82) is 0 Å². The van der Waals surface area contributed by atoms with Gasteiger partial charge in [-0.25, -0.2) is 4.99 Å². The summed E-state index contributed by atoms with van der Waals surface area (Å²) in [5, 5.41) is 14.4.